The molecule has 11 atom stereocenters. The number of esters is 1. The van der Waals surface area contributed by atoms with Crippen molar-refractivity contribution in [3.63, 3.8) is 0 Å². The SMILES string of the molecule is CO[C@H]1C[C@H]2C=C[C@@H]3[C@H]4[C@H](O)CC(n5ccnc5)[C@H]3O[C@]42/C(C)=C\[C@@H](C)[C@@H]([C@@H](C)O)OC1=O. The highest BCUT2D eigenvalue weighted by Gasteiger charge is 2.66. The second-order valence-corrected chi connectivity index (χ2v) is 10.2. The lowest BCUT2D eigenvalue weighted by molar-refractivity contribution is -0.172. The first kappa shape index (κ1) is 22.8. The Hall–Kier alpha value is -2.00. The van der Waals surface area contributed by atoms with Crippen molar-refractivity contribution < 1.29 is 29.2 Å². The van der Waals surface area contributed by atoms with Gasteiger partial charge in [0.05, 0.1) is 30.7 Å². The highest BCUT2D eigenvalue weighted by Crippen LogP contribution is 2.61. The molecule has 2 N–H and O–H groups in total. The van der Waals surface area contributed by atoms with E-state index in [1.807, 2.05) is 24.6 Å². The van der Waals surface area contributed by atoms with Gasteiger partial charge in [-0.15, -0.1) is 0 Å². The number of aliphatic hydroxyl groups is 2. The Morgan fingerprint density at radius 1 is 1.33 bits per heavy atom. The lowest BCUT2D eigenvalue weighted by Crippen LogP contribution is -2.54. The predicted molar refractivity (Wildman–Crippen MR) is 119 cm³/mol. The first-order valence-corrected chi connectivity index (χ1v) is 11.9. The van der Waals surface area contributed by atoms with Crippen LogP contribution in [0.5, 0.6) is 0 Å². The molecule has 2 aliphatic carbocycles. The molecular formula is C25H34N2O6. The van der Waals surface area contributed by atoms with Crippen molar-refractivity contribution in [2.45, 2.75) is 75.8 Å². The summed E-state index contributed by atoms with van der Waals surface area (Å²) >= 11 is 0. The zero-order valence-corrected chi connectivity index (χ0v) is 19.6. The van der Waals surface area contributed by atoms with Crippen LogP contribution in [0.3, 0.4) is 0 Å². The maximum atomic E-state index is 13.0. The summed E-state index contributed by atoms with van der Waals surface area (Å²) in [6.45, 7) is 5.61. The molecule has 8 nitrogen and oxygen atoms in total. The Morgan fingerprint density at radius 2 is 2.12 bits per heavy atom. The van der Waals surface area contributed by atoms with Crippen LogP contribution in [0.25, 0.3) is 0 Å². The minimum absolute atomic E-state index is 0.0273. The second-order valence-electron chi connectivity index (χ2n) is 10.2. The van der Waals surface area contributed by atoms with Gasteiger partial charge in [0, 0.05) is 43.2 Å². The van der Waals surface area contributed by atoms with E-state index in [9.17, 15) is 15.0 Å². The number of ether oxygens (including phenoxy) is 3. The molecule has 0 aromatic carbocycles. The molecule has 1 unspecified atom stereocenters. The molecule has 0 amide bonds. The molecule has 8 heteroatoms. The average molecular weight is 459 g/mol. The average Bonchev–Trinajstić information content (AvgIpc) is 3.36. The summed E-state index contributed by atoms with van der Waals surface area (Å²) in [6, 6.07) is -0.0273. The van der Waals surface area contributed by atoms with E-state index in [4.69, 9.17) is 14.2 Å². The summed E-state index contributed by atoms with van der Waals surface area (Å²) in [4.78, 5) is 17.2. The highest BCUT2D eigenvalue weighted by atomic mass is 16.6. The third-order valence-corrected chi connectivity index (χ3v) is 8.31. The first-order valence-electron chi connectivity index (χ1n) is 11.9. The molecule has 180 valence electrons. The number of cyclic esters (lactones) is 1. The van der Waals surface area contributed by atoms with Crippen LogP contribution in [-0.4, -0.2) is 69.0 Å². The van der Waals surface area contributed by atoms with Crippen LogP contribution < -0.4 is 0 Å². The Bertz CT molecular complexity index is 943. The van der Waals surface area contributed by atoms with Gasteiger partial charge < -0.3 is 29.0 Å². The van der Waals surface area contributed by atoms with Crippen LogP contribution in [0.4, 0.5) is 0 Å². The predicted octanol–water partition coefficient (Wildman–Crippen LogP) is 2.04. The Kier molecular flexibility index (Phi) is 5.76. The van der Waals surface area contributed by atoms with Crippen molar-refractivity contribution >= 4 is 5.97 Å². The van der Waals surface area contributed by atoms with E-state index in [0.717, 1.165) is 5.57 Å². The Morgan fingerprint density at radius 3 is 2.79 bits per heavy atom. The molecule has 1 aromatic heterocycles. The minimum atomic E-state index is -0.836. The first-order chi connectivity index (χ1) is 15.8. The fourth-order valence-corrected chi connectivity index (χ4v) is 6.90. The Labute approximate surface area is 194 Å². The number of carbonyl (C=O) groups is 1. The second kappa shape index (κ2) is 8.34. The maximum absolute atomic E-state index is 13.0. The van der Waals surface area contributed by atoms with Crippen molar-refractivity contribution in [3.05, 3.63) is 42.5 Å². The lowest BCUT2D eigenvalue weighted by Gasteiger charge is -2.47. The number of imidazole rings is 1. The quantitative estimate of drug-likeness (QED) is 0.528. The summed E-state index contributed by atoms with van der Waals surface area (Å²) in [6.07, 6.45) is 9.75. The molecule has 2 fully saturated rings. The molecule has 4 bridgehead atoms. The van der Waals surface area contributed by atoms with E-state index < -0.39 is 36.0 Å². The molecule has 2 aliphatic heterocycles. The number of carbonyl (C=O) groups excluding carboxylic acids is 1. The van der Waals surface area contributed by atoms with Crippen molar-refractivity contribution in [2.24, 2.45) is 23.7 Å². The van der Waals surface area contributed by atoms with Crippen LogP contribution in [0.1, 0.15) is 39.7 Å². The molecule has 1 saturated heterocycles. The summed E-state index contributed by atoms with van der Waals surface area (Å²) in [5.41, 5.74) is 0.246. The summed E-state index contributed by atoms with van der Waals surface area (Å²) in [5.74, 6) is -0.955. The number of nitrogens with zero attached hydrogens (tertiary/aromatic N) is 2. The summed E-state index contributed by atoms with van der Waals surface area (Å²) in [5, 5.41) is 21.8. The van der Waals surface area contributed by atoms with E-state index >= 15 is 0 Å². The summed E-state index contributed by atoms with van der Waals surface area (Å²) in [7, 11) is 1.50. The lowest BCUT2D eigenvalue weighted by atomic mass is 9.59. The smallest absolute Gasteiger partial charge is 0.335 e. The van der Waals surface area contributed by atoms with E-state index in [-0.39, 0.29) is 35.8 Å². The fraction of sp³-hybridized carbons (Fsp3) is 0.680. The van der Waals surface area contributed by atoms with Gasteiger partial charge in [0.1, 0.15) is 11.7 Å². The number of rotatable bonds is 3. The molecule has 1 aromatic rings. The van der Waals surface area contributed by atoms with Gasteiger partial charge in [0.2, 0.25) is 0 Å². The van der Waals surface area contributed by atoms with Crippen molar-refractivity contribution in [2.75, 3.05) is 7.11 Å². The van der Waals surface area contributed by atoms with Gasteiger partial charge in [0.25, 0.3) is 0 Å². The number of methoxy groups -OCH3 is 1. The van der Waals surface area contributed by atoms with Crippen LogP contribution >= 0.6 is 0 Å². The van der Waals surface area contributed by atoms with E-state index in [2.05, 4.69) is 23.2 Å². The van der Waals surface area contributed by atoms with Crippen LogP contribution in [0, 0.1) is 23.7 Å². The normalized spacial score (nSPS) is 47.3. The maximum Gasteiger partial charge on any atom is 0.335 e. The molecule has 4 aliphatic rings. The van der Waals surface area contributed by atoms with Crippen LogP contribution in [0.2, 0.25) is 0 Å². The topological polar surface area (TPSA) is 103 Å². The van der Waals surface area contributed by atoms with Gasteiger partial charge in [-0.1, -0.05) is 25.2 Å². The minimum Gasteiger partial charge on any atom is -0.457 e. The number of aromatic nitrogens is 2. The summed E-state index contributed by atoms with van der Waals surface area (Å²) < 4.78 is 20.3. The molecule has 1 spiro atoms. The van der Waals surface area contributed by atoms with Crippen molar-refractivity contribution in [1.29, 1.82) is 0 Å². The van der Waals surface area contributed by atoms with E-state index in [1.165, 1.54) is 7.11 Å². The molecule has 5 rings (SSSR count). The van der Waals surface area contributed by atoms with E-state index in [1.54, 1.807) is 19.4 Å². The van der Waals surface area contributed by atoms with Crippen molar-refractivity contribution in [3.8, 4) is 0 Å². The van der Waals surface area contributed by atoms with Gasteiger partial charge in [0.15, 0.2) is 6.10 Å². The number of hydrogen-bond acceptors (Lipinski definition) is 7. The van der Waals surface area contributed by atoms with Gasteiger partial charge in [-0.3, -0.25) is 0 Å². The van der Waals surface area contributed by atoms with Gasteiger partial charge in [-0.05, 0) is 32.3 Å². The monoisotopic (exact) mass is 458 g/mol. The van der Waals surface area contributed by atoms with Gasteiger partial charge in [-0.2, -0.15) is 0 Å². The standard InChI is InChI=1S/C25H34N2O6/c1-13-9-14(2)25-16(10-20(31-4)24(30)32-22(13)15(3)28)5-6-17-21(25)19(29)11-18(23(17)33-25)27-8-7-26-12-27/h5-9,12-13,15-23,28-29H,10-11H2,1-4H3/b14-9-/t13-,15-,16-,17-,18?,19-,20+,21+,22+,23+,25+/m1/s1. The number of aliphatic hydroxyl groups excluding tert-OH is 2. The van der Waals surface area contributed by atoms with E-state index in [0.29, 0.717) is 12.8 Å². The third-order valence-electron chi connectivity index (χ3n) is 8.31. The zero-order chi connectivity index (χ0) is 23.5. The molecular weight excluding hydrogens is 424 g/mol. The highest BCUT2D eigenvalue weighted by molar-refractivity contribution is 5.75. The van der Waals surface area contributed by atoms with Crippen LogP contribution in [0.15, 0.2) is 42.5 Å². The van der Waals surface area contributed by atoms with Gasteiger partial charge >= 0.3 is 5.97 Å². The molecule has 1 saturated carbocycles. The van der Waals surface area contributed by atoms with Crippen LogP contribution in [-0.2, 0) is 19.0 Å². The third kappa shape index (κ3) is 3.41. The largest absolute Gasteiger partial charge is 0.457 e. The van der Waals surface area contributed by atoms with Gasteiger partial charge in [-0.25, -0.2) is 9.78 Å². The fourth-order valence-electron chi connectivity index (χ4n) is 6.90. The molecule has 3 heterocycles. The number of hydrogen-bond donors (Lipinski definition) is 2. The zero-order valence-electron chi connectivity index (χ0n) is 19.6. The Balaban J connectivity index is 1.63. The molecule has 0 radical (unpaired) electrons. The molecule has 33 heavy (non-hydrogen) atoms. The van der Waals surface area contributed by atoms with Crippen molar-refractivity contribution in [1.82, 2.24) is 9.55 Å².